The molecule has 1 aromatic rings. The topological polar surface area (TPSA) is 70.3 Å². The summed E-state index contributed by atoms with van der Waals surface area (Å²) in [6.45, 7) is 7.58. The van der Waals surface area contributed by atoms with Crippen LogP contribution < -0.4 is 16.2 Å². The Morgan fingerprint density at radius 1 is 1.42 bits per heavy atom. The van der Waals surface area contributed by atoms with Gasteiger partial charge in [-0.25, -0.2) is 15.8 Å². The van der Waals surface area contributed by atoms with Crippen molar-refractivity contribution in [2.45, 2.75) is 32.7 Å². The third-order valence-corrected chi connectivity index (χ3v) is 3.89. The smallest absolute Gasteiger partial charge is 0.145 e. The van der Waals surface area contributed by atoms with Gasteiger partial charge in [0.15, 0.2) is 0 Å². The number of likely N-dealkylation sites (tertiary alicyclic amines) is 1. The lowest BCUT2D eigenvalue weighted by molar-refractivity contribution is 0.220. The first-order chi connectivity index (χ1) is 9.13. The number of hydrazine groups is 1. The van der Waals surface area contributed by atoms with E-state index in [1.165, 1.54) is 12.8 Å². The molecule has 0 amide bonds. The van der Waals surface area contributed by atoms with Gasteiger partial charge < -0.3 is 15.2 Å². The average Bonchev–Trinajstić information content (AvgIpc) is 2.46. The van der Waals surface area contributed by atoms with Gasteiger partial charge in [0.05, 0.1) is 0 Å². The Balaban J connectivity index is 2.07. The lowest BCUT2D eigenvalue weighted by atomic mass is 10.0. The van der Waals surface area contributed by atoms with Gasteiger partial charge in [0.1, 0.15) is 17.5 Å². The van der Waals surface area contributed by atoms with Crippen LogP contribution in [0.15, 0.2) is 6.07 Å². The summed E-state index contributed by atoms with van der Waals surface area (Å²) in [4.78, 5) is 13.5. The Hall–Kier alpha value is -1.40. The van der Waals surface area contributed by atoms with Crippen molar-refractivity contribution >= 4 is 11.6 Å². The fraction of sp³-hybridized carbons (Fsp3) is 0.692. The summed E-state index contributed by atoms with van der Waals surface area (Å²) >= 11 is 0. The summed E-state index contributed by atoms with van der Waals surface area (Å²) in [5.41, 5.74) is 2.60. The molecule has 2 heterocycles. The minimum atomic E-state index is 0.544. The molecule has 106 valence electrons. The van der Waals surface area contributed by atoms with Crippen LogP contribution in [0.2, 0.25) is 0 Å². The second kappa shape index (κ2) is 6.16. The van der Waals surface area contributed by atoms with Gasteiger partial charge in [-0.3, -0.25) is 0 Å². The molecule has 6 heteroatoms. The Morgan fingerprint density at radius 3 is 2.68 bits per heavy atom. The second-order valence-corrected chi connectivity index (χ2v) is 5.08. The predicted molar refractivity (Wildman–Crippen MR) is 78.1 cm³/mol. The standard InChI is InChI=1S/C13H24N6/c1-4-19-7-5-11(6-8-19)18(3)13-9-12(17-14)15-10(2)16-13/h9,11H,4-8,14H2,1-3H3,(H,15,16,17). The molecule has 1 aliphatic heterocycles. The van der Waals surface area contributed by atoms with E-state index in [0.717, 1.165) is 31.3 Å². The fourth-order valence-electron chi connectivity index (χ4n) is 2.62. The van der Waals surface area contributed by atoms with Gasteiger partial charge in [-0.2, -0.15) is 0 Å². The molecule has 0 saturated carbocycles. The normalized spacial score (nSPS) is 17.5. The Bertz CT molecular complexity index is 414. The molecule has 0 aliphatic carbocycles. The molecule has 0 radical (unpaired) electrons. The van der Waals surface area contributed by atoms with E-state index in [4.69, 9.17) is 5.84 Å². The molecule has 1 aromatic heterocycles. The van der Waals surface area contributed by atoms with Gasteiger partial charge in [0, 0.05) is 32.2 Å². The summed E-state index contributed by atoms with van der Waals surface area (Å²) in [5, 5.41) is 0. The number of aromatic nitrogens is 2. The van der Waals surface area contributed by atoms with Crippen molar-refractivity contribution in [1.29, 1.82) is 0 Å². The third kappa shape index (κ3) is 3.33. The number of hydrogen-bond acceptors (Lipinski definition) is 6. The molecule has 1 aliphatic rings. The average molecular weight is 264 g/mol. The van der Waals surface area contributed by atoms with Crippen LogP contribution in [-0.2, 0) is 0 Å². The van der Waals surface area contributed by atoms with E-state index in [-0.39, 0.29) is 0 Å². The molecule has 0 atom stereocenters. The number of hydrogen-bond donors (Lipinski definition) is 2. The molecule has 1 saturated heterocycles. The number of aryl methyl sites for hydroxylation is 1. The maximum Gasteiger partial charge on any atom is 0.145 e. The van der Waals surface area contributed by atoms with Crippen molar-refractivity contribution in [2.24, 2.45) is 5.84 Å². The van der Waals surface area contributed by atoms with Crippen LogP contribution in [0.25, 0.3) is 0 Å². The van der Waals surface area contributed by atoms with E-state index >= 15 is 0 Å². The van der Waals surface area contributed by atoms with E-state index in [9.17, 15) is 0 Å². The third-order valence-electron chi connectivity index (χ3n) is 3.89. The number of nitrogen functional groups attached to an aromatic ring is 1. The van der Waals surface area contributed by atoms with Crippen molar-refractivity contribution in [2.75, 3.05) is 37.0 Å². The van der Waals surface area contributed by atoms with Gasteiger partial charge in [-0.15, -0.1) is 0 Å². The lowest BCUT2D eigenvalue weighted by Gasteiger charge is -2.36. The summed E-state index contributed by atoms with van der Waals surface area (Å²) in [6.07, 6.45) is 2.36. The van der Waals surface area contributed by atoms with E-state index in [0.29, 0.717) is 11.9 Å². The number of nitrogens with zero attached hydrogens (tertiary/aromatic N) is 4. The zero-order valence-corrected chi connectivity index (χ0v) is 12.1. The van der Waals surface area contributed by atoms with E-state index in [1.54, 1.807) is 0 Å². The Kier molecular flexibility index (Phi) is 4.55. The monoisotopic (exact) mass is 264 g/mol. The quantitative estimate of drug-likeness (QED) is 0.624. The second-order valence-electron chi connectivity index (χ2n) is 5.08. The SMILES string of the molecule is CCN1CCC(N(C)c2cc(NN)nc(C)n2)CC1. The van der Waals surface area contributed by atoms with Crippen molar-refractivity contribution in [1.82, 2.24) is 14.9 Å². The zero-order chi connectivity index (χ0) is 13.8. The number of nitrogens with one attached hydrogen (secondary N) is 1. The molecular formula is C13H24N6. The molecular weight excluding hydrogens is 240 g/mol. The maximum atomic E-state index is 5.44. The highest BCUT2D eigenvalue weighted by Crippen LogP contribution is 2.22. The minimum absolute atomic E-state index is 0.544. The van der Waals surface area contributed by atoms with E-state index < -0.39 is 0 Å². The maximum absolute atomic E-state index is 5.44. The zero-order valence-electron chi connectivity index (χ0n) is 12.1. The van der Waals surface area contributed by atoms with Crippen molar-refractivity contribution in [3.63, 3.8) is 0 Å². The highest BCUT2D eigenvalue weighted by molar-refractivity contribution is 5.49. The lowest BCUT2D eigenvalue weighted by Crippen LogP contribution is -2.43. The molecule has 0 bridgehead atoms. The van der Waals surface area contributed by atoms with Crippen molar-refractivity contribution in [3.05, 3.63) is 11.9 Å². The van der Waals surface area contributed by atoms with E-state index in [2.05, 4.69) is 39.2 Å². The molecule has 0 unspecified atom stereocenters. The van der Waals surface area contributed by atoms with Crippen molar-refractivity contribution < 1.29 is 0 Å². The number of piperidine rings is 1. The highest BCUT2D eigenvalue weighted by atomic mass is 15.3. The highest BCUT2D eigenvalue weighted by Gasteiger charge is 2.22. The number of rotatable bonds is 4. The van der Waals surface area contributed by atoms with Crippen LogP contribution in [-0.4, -0.2) is 47.6 Å². The largest absolute Gasteiger partial charge is 0.356 e. The number of nitrogens with two attached hydrogens (primary N) is 1. The van der Waals surface area contributed by atoms with Gasteiger partial charge >= 0.3 is 0 Å². The summed E-state index contributed by atoms with van der Waals surface area (Å²) in [5.74, 6) is 7.78. The summed E-state index contributed by atoms with van der Waals surface area (Å²) in [6, 6.07) is 2.45. The van der Waals surface area contributed by atoms with Crippen LogP contribution in [0.5, 0.6) is 0 Å². The van der Waals surface area contributed by atoms with Crippen molar-refractivity contribution in [3.8, 4) is 0 Å². The van der Waals surface area contributed by atoms with Crippen LogP contribution in [0.4, 0.5) is 11.6 Å². The molecule has 2 rings (SSSR count). The Labute approximate surface area is 115 Å². The first-order valence-corrected chi connectivity index (χ1v) is 6.91. The first kappa shape index (κ1) is 14.0. The molecule has 3 N–H and O–H groups in total. The number of anilines is 2. The minimum Gasteiger partial charge on any atom is -0.356 e. The van der Waals surface area contributed by atoms with Crippen LogP contribution >= 0.6 is 0 Å². The van der Waals surface area contributed by atoms with E-state index in [1.807, 2.05) is 13.0 Å². The summed E-state index contributed by atoms with van der Waals surface area (Å²) < 4.78 is 0. The van der Waals surface area contributed by atoms with Crippen LogP contribution in [0.1, 0.15) is 25.6 Å². The van der Waals surface area contributed by atoms with Gasteiger partial charge in [0.25, 0.3) is 0 Å². The molecule has 0 aromatic carbocycles. The van der Waals surface area contributed by atoms with Gasteiger partial charge in [-0.1, -0.05) is 6.92 Å². The first-order valence-electron chi connectivity index (χ1n) is 6.91. The van der Waals surface area contributed by atoms with Gasteiger partial charge in [-0.05, 0) is 26.3 Å². The molecule has 6 nitrogen and oxygen atoms in total. The Morgan fingerprint density at radius 2 is 2.11 bits per heavy atom. The van der Waals surface area contributed by atoms with Crippen LogP contribution in [0.3, 0.4) is 0 Å². The molecule has 19 heavy (non-hydrogen) atoms. The fourth-order valence-corrected chi connectivity index (χ4v) is 2.62. The summed E-state index contributed by atoms with van der Waals surface area (Å²) in [7, 11) is 2.11. The molecule has 1 fully saturated rings. The van der Waals surface area contributed by atoms with Crippen LogP contribution in [0, 0.1) is 6.92 Å². The van der Waals surface area contributed by atoms with Gasteiger partial charge in [0.2, 0.25) is 0 Å². The molecule has 0 spiro atoms. The predicted octanol–water partition coefficient (Wildman–Crippen LogP) is 0.991.